The van der Waals surface area contributed by atoms with Crippen molar-refractivity contribution in [3.05, 3.63) is 52.7 Å². The van der Waals surface area contributed by atoms with Gasteiger partial charge in [-0.2, -0.15) is 0 Å². The SMILES string of the molecule is COc1cc(CC2CC(CNCCc3c[nH]c4ccc(Cl)cc34)=NO2)cc2c1OCO2. The summed E-state index contributed by atoms with van der Waals surface area (Å²) in [6, 6.07) is 9.87. The number of aromatic amines is 1. The third-order valence-corrected chi connectivity index (χ3v) is 5.84. The summed E-state index contributed by atoms with van der Waals surface area (Å²) in [6.07, 6.45) is 4.50. The Hall–Kier alpha value is -2.90. The first-order valence-corrected chi connectivity index (χ1v) is 10.7. The zero-order chi connectivity index (χ0) is 21.2. The molecule has 1 atom stereocenters. The minimum Gasteiger partial charge on any atom is -0.493 e. The van der Waals surface area contributed by atoms with Gasteiger partial charge in [-0.3, -0.25) is 0 Å². The second-order valence-corrected chi connectivity index (χ2v) is 8.19. The number of nitrogens with one attached hydrogen (secondary N) is 2. The molecule has 8 heteroatoms. The molecule has 0 saturated heterocycles. The normalized spacial score (nSPS) is 17.1. The summed E-state index contributed by atoms with van der Waals surface area (Å²) < 4.78 is 16.4. The van der Waals surface area contributed by atoms with Gasteiger partial charge in [-0.05, 0) is 54.4 Å². The van der Waals surface area contributed by atoms with Crippen LogP contribution in [0.25, 0.3) is 10.9 Å². The smallest absolute Gasteiger partial charge is 0.231 e. The van der Waals surface area contributed by atoms with Crippen molar-refractivity contribution in [2.24, 2.45) is 5.16 Å². The molecule has 7 nitrogen and oxygen atoms in total. The van der Waals surface area contributed by atoms with Gasteiger partial charge in [0.15, 0.2) is 11.5 Å². The molecule has 0 radical (unpaired) electrons. The maximum absolute atomic E-state index is 6.13. The predicted octanol–water partition coefficient (Wildman–Crippen LogP) is 4.08. The number of halogens is 1. The molecule has 1 aromatic heterocycles. The lowest BCUT2D eigenvalue weighted by Gasteiger charge is -2.11. The van der Waals surface area contributed by atoms with Gasteiger partial charge in [0, 0.05) is 41.5 Å². The summed E-state index contributed by atoms with van der Waals surface area (Å²) in [6.45, 7) is 1.78. The van der Waals surface area contributed by atoms with Crippen molar-refractivity contribution < 1.29 is 19.0 Å². The Morgan fingerprint density at radius 3 is 3.10 bits per heavy atom. The Morgan fingerprint density at radius 1 is 1.26 bits per heavy atom. The third-order valence-electron chi connectivity index (χ3n) is 5.61. The molecule has 0 bridgehead atoms. The van der Waals surface area contributed by atoms with Crippen LogP contribution in [0.15, 0.2) is 41.7 Å². The first-order valence-electron chi connectivity index (χ1n) is 10.3. The molecule has 3 heterocycles. The van der Waals surface area contributed by atoms with Crippen LogP contribution in [0.2, 0.25) is 5.02 Å². The van der Waals surface area contributed by atoms with Crippen LogP contribution < -0.4 is 19.5 Å². The van der Waals surface area contributed by atoms with Gasteiger partial charge in [0.1, 0.15) is 6.10 Å². The summed E-state index contributed by atoms with van der Waals surface area (Å²) in [7, 11) is 1.63. The molecule has 31 heavy (non-hydrogen) atoms. The van der Waals surface area contributed by atoms with Crippen molar-refractivity contribution >= 4 is 28.2 Å². The van der Waals surface area contributed by atoms with E-state index in [1.165, 1.54) is 10.9 Å². The number of methoxy groups -OCH3 is 1. The van der Waals surface area contributed by atoms with E-state index in [1.54, 1.807) is 7.11 Å². The molecule has 1 unspecified atom stereocenters. The standard InChI is InChI=1S/C23H24ClN3O4/c1-28-21-7-14(8-22-23(21)30-13-29-22)6-18-10-17(27-31-18)12-25-5-4-15-11-26-20-3-2-16(24)9-19(15)20/h2-3,7-9,11,18,25-26H,4-6,10,12-13H2,1H3. The maximum Gasteiger partial charge on any atom is 0.231 e. The fourth-order valence-corrected chi connectivity index (χ4v) is 4.25. The first-order chi connectivity index (χ1) is 15.2. The molecule has 0 saturated carbocycles. The van der Waals surface area contributed by atoms with E-state index >= 15 is 0 Å². The Morgan fingerprint density at radius 2 is 2.19 bits per heavy atom. The third kappa shape index (κ3) is 4.29. The van der Waals surface area contributed by atoms with Gasteiger partial charge in [-0.15, -0.1) is 0 Å². The topological polar surface area (TPSA) is 77.1 Å². The zero-order valence-electron chi connectivity index (χ0n) is 17.2. The molecule has 2 N–H and O–H groups in total. The Kier molecular flexibility index (Phi) is 5.61. The molecule has 0 spiro atoms. The van der Waals surface area contributed by atoms with Gasteiger partial charge in [-0.25, -0.2) is 0 Å². The quantitative estimate of drug-likeness (QED) is 0.515. The van der Waals surface area contributed by atoms with Crippen molar-refractivity contribution in [2.45, 2.75) is 25.4 Å². The van der Waals surface area contributed by atoms with Crippen molar-refractivity contribution in [1.29, 1.82) is 0 Å². The van der Waals surface area contributed by atoms with Gasteiger partial charge in [0.2, 0.25) is 12.5 Å². The van der Waals surface area contributed by atoms with Crippen molar-refractivity contribution in [2.75, 3.05) is 27.0 Å². The van der Waals surface area contributed by atoms with Gasteiger partial charge in [0.05, 0.1) is 12.8 Å². The molecule has 2 aromatic carbocycles. The molecule has 0 fully saturated rings. The van der Waals surface area contributed by atoms with Gasteiger partial charge in [-0.1, -0.05) is 16.8 Å². The fraction of sp³-hybridized carbons (Fsp3) is 0.348. The van der Waals surface area contributed by atoms with Gasteiger partial charge in [0.25, 0.3) is 0 Å². The molecule has 0 aliphatic carbocycles. The van der Waals surface area contributed by atoms with Crippen LogP contribution in [0, 0.1) is 0 Å². The molecule has 5 rings (SSSR count). The highest BCUT2D eigenvalue weighted by molar-refractivity contribution is 6.31. The number of hydrogen-bond donors (Lipinski definition) is 2. The van der Waals surface area contributed by atoms with Crippen LogP contribution in [0.3, 0.4) is 0 Å². The number of hydrogen-bond acceptors (Lipinski definition) is 6. The summed E-state index contributed by atoms with van der Waals surface area (Å²) in [4.78, 5) is 8.95. The van der Waals surface area contributed by atoms with E-state index in [-0.39, 0.29) is 12.9 Å². The van der Waals surface area contributed by atoms with Crippen LogP contribution in [-0.4, -0.2) is 43.8 Å². The van der Waals surface area contributed by atoms with E-state index in [0.717, 1.165) is 47.6 Å². The Bertz CT molecular complexity index is 1130. The van der Waals surface area contributed by atoms with Crippen LogP contribution in [-0.2, 0) is 17.7 Å². The summed E-state index contributed by atoms with van der Waals surface area (Å²) >= 11 is 6.13. The number of aromatic nitrogens is 1. The second kappa shape index (κ2) is 8.69. The van der Waals surface area contributed by atoms with E-state index in [9.17, 15) is 0 Å². The molecule has 2 aliphatic rings. The van der Waals surface area contributed by atoms with Crippen LogP contribution in [0.1, 0.15) is 17.5 Å². The minimum atomic E-state index is 0.0117. The number of nitrogens with zero attached hydrogens (tertiary/aromatic N) is 1. The molecular formula is C23H24ClN3O4. The molecule has 162 valence electrons. The lowest BCUT2D eigenvalue weighted by Crippen LogP contribution is -2.25. The van der Waals surface area contributed by atoms with Gasteiger partial charge < -0.3 is 29.3 Å². The van der Waals surface area contributed by atoms with Gasteiger partial charge >= 0.3 is 0 Å². The van der Waals surface area contributed by atoms with Crippen molar-refractivity contribution in [3.8, 4) is 17.2 Å². The van der Waals surface area contributed by atoms with E-state index in [1.807, 2.05) is 30.3 Å². The molecule has 3 aromatic rings. The average Bonchev–Trinajstić information content (AvgIpc) is 3.51. The lowest BCUT2D eigenvalue weighted by atomic mass is 10.0. The predicted molar refractivity (Wildman–Crippen MR) is 120 cm³/mol. The summed E-state index contributed by atoms with van der Waals surface area (Å²) in [5, 5.41) is 9.67. The van der Waals surface area contributed by atoms with Crippen LogP contribution in [0.4, 0.5) is 0 Å². The number of H-pyrrole nitrogens is 1. The second-order valence-electron chi connectivity index (χ2n) is 7.76. The monoisotopic (exact) mass is 441 g/mol. The van der Waals surface area contributed by atoms with Crippen LogP contribution in [0.5, 0.6) is 17.2 Å². The number of oxime groups is 1. The average molecular weight is 442 g/mol. The molecular weight excluding hydrogens is 418 g/mol. The van der Waals surface area contributed by atoms with E-state index in [2.05, 4.69) is 21.7 Å². The highest BCUT2D eigenvalue weighted by Gasteiger charge is 2.25. The van der Waals surface area contributed by atoms with Crippen LogP contribution >= 0.6 is 11.6 Å². The van der Waals surface area contributed by atoms with Crippen molar-refractivity contribution in [1.82, 2.24) is 10.3 Å². The number of rotatable bonds is 8. The summed E-state index contributed by atoms with van der Waals surface area (Å²) in [5.41, 5.74) is 4.47. The number of benzene rings is 2. The minimum absolute atomic E-state index is 0.0117. The number of ether oxygens (including phenoxy) is 3. The van der Waals surface area contributed by atoms with E-state index < -0.39 is 0 Å². The molecule has 0 amide bonds. The largest absolute Gasteiger partial charge is 0.493 e. The highest BCUT2D eigenvalue weighted by atomic mass is 35.5. The van der Waals surface area contributed by atoms with E-state index in [0.29, 0.717) is 23.8 Å². The fourth-order valence-electron chi connectivity index (χ4n) is 4.08. The maximum atomic E-state index is 6.13. The summed E-state index contributed by atoms with van der Waals surface area (Å²) in [5.74, 6) is 2.07. The first kappa shape index (κ1) is 20.0. The lowest BCUT2D eigenvalue weighted by molar-refractivity contribution is 0.0858. The highest BCUT2D eigenvalue weighted by Crippen LogP contribution is 2.42. The Labute approximate surface area is 185 Å². The molecule has 2 aliphatic heterocycles. The Balaban J connectivity index is 1.10. The van der Waals surface area contributed by atoms with E-state index in [4.69, 9.17) is 30.6 Å². The van der Waals surface area contributed by atoms with Crippen molar-refractivity contribution in [3.63, 3.8) is 0 Å². The number of fused-ring (bicyclic) bond motifs is 2. The zero-order valence-corrected chi connectivity index (χ0v) is 18.0.